The molecule has 9 nitrogen and oxygen atoms in total. The highest BCUT2D eigenvalue weighted by Gasteiger charge is 2.22. The average Bonchev–Trinajstić information content (AvgIpc) is 3.23. The van der Waals surface area contributed by atoms with Crippen LogP contribution in [0.4, 0.5) is 11.5 Å². The van der Waals surface area contributed by atoms with Gasteiger partial charge in [-0.05, 0) is 0 Å². The summed E-state index contributed by atoms with van der Waals surface area (Å²) in [5.41, 5.74) is 6.78. The third-order valence-electron chi connectivity index (χ3n) is 3.91. The van der Waals surface area contributed by atoms with E-state index in [1.165, 1.54) is 23.1 Å². The van der Waals surface area contributed by atoms with Crippen LogP contribution in [0.1, 0.15) is 16.8 Å². The highest BCUT2D eigenvalue weighted by atomic mass is 35.5. The molecule has 1 saturated heterocycles. The summed E-state index contributed by atoms with van der Waals surface area (Å²) in [6, 6.07) is 1.69. The molecule has 134 valence electrons. The molecule has 1 amide bonds. The van der Waals surface area contributed by atoms with E-state index in [0.717, 1.165) is 6.42 Å². The van der Waals surface area contributed by atoms with Gasteiger partial charge in [0.05, 0.1) is 30.6 Å². The largest absolute Gasteiger partial charge is 0.486 e. The molecule has 4 rings (SSSR count). The van der Waals surface area contributed by atoms with E-state index in [1.807, 2.05) is 0 Å². The van der Waals surface area contributed by atoms with E-state index in [2.05, 4.69) is 20.4 Å². The highest BCUT2D eigenvalue weighted by molar-refractivity contribution is 6.30. The van der Waals surface area contributed by atoms with Gasteiger partial charge in [0.15, 0.2) is 11.5 Å². The Morgan fingerprint density at radius 2 is 2.35 bits per heavy atom. The van der Waals surface area contributed by atoms with Gasteiger partial charge in [0.1, 0.15) is 23.1 Å². The molecule has 1 fully saturated rings. The van der Waals surface area contributed by atoms with E-state index in [-0.39, 0.29) is 17.5 Å². The SMILES string of the molecule is Nc1nn2cc(Cl)cnc2c1C(=O)Nc1cnccc1OC1CCOC1. The number of carbonyl (C=O) groups excluding carboxylic acids is 1. The van der Waals surface area contributed by atoms with Crippen LogP contribution >= 0.6 is 11.6 Å². The second-order valence-corrected chi connectivity index (χ2v) is 6.17. The maximum absolute atomic E-state index is 12.8. The molecule has 1 aliphatic heterocycles. The second kappa shape index (κ2) is 6.77. The molecule has 4 heterocycles. The predicted octanol–water partition coefficient (Wildman–Crippen LogP) is 1.78. The van der Waals surface area contributed by atoms with Crippen molar-refractivity contribution in [1.82, 2.24) is 19.6 Å². The summed E-state index contributed by atoms with van der Waals surface area (Å²) in [6.45, 7) is 1.17. The smallest absolute Gasteiger partial charge is 0.263 e. The quantitative estimate of drug-likeness (QED) is 0.714. The van der Waals surface area contributed by atoms with Gasteiger partial charge in [-0.1, -0.05) is 11.6 Å². The number of halogens is 1. The lowest BCUT2D eigenvalue weighted by Gasteiger charge is -2.15. The molecule has 3 aromatic heterocycles. The summed E-state index contributed by atoms with van der Waals surface area (Å²) in [5, 5.41) is 7.21. The van der Waals surface area contributed by atoms with Gasteiger partial charge in [-0.15, -0.1) is 5.10 Å². The molecule has 0 radical (unpaired) electrons. The van der Waals surface area contributed by atoms with Crippen molar-refractivity contribution in [3.8, 4) is 5.75 Å². The number of hydrogen-bond donors (Lipinski definition) is 2. The van der Waals surface area contributed by atoms with Gasteiger partial charge >= 0.3 is 0 Å². The number of fused-ring (bicyclic) bond motifs is 1. The van der Waals surface area contributed by atoms with Gasteiger partial charge < -0.3 is 20.5 Å². The zero-order valence-corrected chi connectivity index (χ0v) is 14.3. The molecule has 1 aliphatic rings. The van der Waals surface area contributed by atoms with Crippen LogP contribution < -0.4 is 15.8 Å². The van der Waals surface area contributed by atoms with Crippen LogP contribution in [0.3, 0.4) is 0 Å². The van der Waals surface area contributed by atoms with Crippen LogP contribution in [-0.4, -0.2) is 44.8 Å². The lowest BCUT2D eigenvalue weighted by Crippen LogP contribution is -2.19. The molecule has 0 saturated carbocycles. The molecule has 0 spiro atoms. The Bertz CT molecular complexity index is 970. The molecule has 1 unspecified atom stereocenters. The maximum Gasteiger partial charge on any atom is 0.263 e. The van der Waals surface area contributed by atoms with E-state index in [1.54, 1.807) is 12.3 Å². The van der Waals surface area contributed by atoms with Gasteiger partial charge in [0, 0.05) is 24.9 Å². The first kappa shape index (κ1) is 16.6. The van der Waals surface area contributed by atoms with Crippen molar-refractivity contribution in [2.75, 3.05) is 24.3 Å². The molecule has 0 aromatic carbocycles. The van der Waals surface area contributed by atoms with Crippen molar-refractivity contribution in [2.24, 2.45) is 0 Å². The molecular formula is C16H15ClN6O3. The van der Waals surface area contributed by atoms with Gasteiger partial charge in [0.2, 0.25) is 0 Å². The summed E-state index contributed by atoms with van der Waals surface area (Å²) in [5.74, 6) is 0.0931. The molecule has 3 aromatic rings. The number of amides is 1. The van der Waals surface area contributed by atoms with Crippen LogP contribution in [0.25, 0.3) is 5.65 Å². The Hall–Kier alpha value is -2.91. The van der Waals surface area contributed by atoms with Crippen LogP contribution in [0.2, 0.25) is 5.02 Å². The lowest BCUT2D eigenvalue weighted by atomic mass is 10.2. The van der Waals surface area contributed by atoms with Gasteiger partial charge in [-0.3, -0.25) is 9.78 Å². The second-order valence-electron chi connectivity index (χ2n) is 5.73. The van der Waals surface area contributed by atoms with Crippen LogP contribution in [0.5, 0.6) is 5.75 Å². The Balaban J connectivity index is 1.62. The number of anilines is 2. The third kappa shape index (κ3) is 3.14. The minimum absolute atomic E-state index is 0.0489. The first-order chi connectivity index (χ1) is 12.6. The fourth-order valence-corrected chi connectivity index (χ4v) is 2.84. The Kier molecular flexibility index (Phi) is 4.31. The number of nitrogens with one attached hydrogen (secondary N) is 1. The fraction of sp³-hybridized carbons (Fsp3) is 0.250. The molecule has 26 heavy (non-hydrogen) atoms. The number of rotatable bonds is 4. The van der Waals surface area contributed by atoms with Crippen molar-refractivity contribution in [3.63, 3.8) is 0 Å². The Labute approximate surface area is 153 Å². The van der Waals surface area contributed by atoms with Gasteiger partial charge in [0.25, 0.3) is 5.91 Å². The first-order valence-electron chi connectivity index (χ1n) is 7.91. The van der Waals surface area contributed by atoms with Crippen LogP contribution in [0, 0.1) is 0 Å². The molecule has 0 aliphatic carbocycles. The lowest BCUT2D eigenvalue weighted by molar-refractivity contribution is 0.102. The minimum atomic E-state index is -0.465. The van der Waals surface area contributed by atoms with Crippen molar-refractivity contribution in [2.45, 2.75) is 12.5 Å². The van der Waals surface area contributed by atoms with E-state index >= 15 is 0 Å². The van der Waals surface area contributed by atoms with E-state index in [0.29, 0.717) is 35.3 Å². The summed E-state index contributed by atoms with van der Waals surface area (Å²) in [7, 11) is 0. The molecular weight excluding hydrogens is 360 g/mol. The molecule has 10 heteroatoms. The Morgan fingerprint density at radius 3 is 3.15 bits per heavy atom. The monoisotopic (exact) mass is 374 g/mol. The van der Waals surface area contributed by atoms with E-state index in [9.17, 15) is 4.79 Å². The fourth-order valence-electron chi connectivity index (χ4n) is 2.70. The Morgan fingerprint density at radius 1 is 1.46 bits per heavy atom. The summed E-state index contributed by atoms with van der Waals surface area (Å²) in [6.07, 6.45) is 6.78. The first-order valence-corrected chi connectivity index (χ1v) is 8.29. The molecule has 1 atom stereocenters. The van der Waals surface area contributed by atoms with Crippen molar-refractivity contribution >= 4 is 34.7 Å². The van der Waals surface area contributed by atoms with Gasteiger partial charge in [-0.2, -0.15) is 0 Å². The zero-order valence-electron chi connectivity index (χ0n) is 13.6. The summed E-state index contributed by atoms with van der Waals surface area (Å²) >= 11 is 5.89. The van der Waals surface area contributed by atoms with Crippen LogP contribution in [0.15, 0.2) is 30.9 Å². The predicted molar refractivity (Wildman–Crippen MR) is 94.5 cm³/mol. The van der Waals surface area contributed by atoms with Crippen LogP contribution in [-0.2, 0) is 4.74 Å². The highest BCUT2D eigenvalue weighted by Crippen LogP contribution is 2.27. The molecule has 3 N–H and O–H groups in total. The summed E-state index contributed by atoms with van der Waals surface area (Å²) in [4.78, 5) is 20.9. The topological polar surface area (TPSA) is 117 Å². The van der Waals surface area contributed by atoms with Crippen molar-refractivity contribution in [3.05, 3.63) is 41.4 Å². The number of ether oxygens (including phenoxy) is 2. The number of hydrogen-bond acceptors (Lipinski definition) is 7. The number of carbonyl (C=O) groups is 1. The number of pyridine rings is 1. The summed E-state index contributed by atoms with van der Waals surface area (Å²) < 4.78 is 12.6. The standard InChI is InChI=1S/C16H15ClN6O3/c17-9-5-20-15-13(14(18)22-23(15)7-9)16(24)21-11-6-19-3-1-12(11)26-10-2-4-25-8-10/h1,3,5-7,10H,2,4,8H2,(H2,18,22)(H,21,24). The van der Waals surface area contributed by atoms with Crippen molar-refractivity contribution < 1.29 is 14.3 Å². The van der Waals surface area contributed by atoms with Gasteiger partial charge in [-0.25, -0.2) is 9.50 Å². The molecule has 0 bridgehead atoms. The number of nitrogen functional groups attached to an aromatic ring is 1. The number of nitrogens with zero attached hydrogens (tertiary/aromatic N) is 4. The van der Waals surface area contributed by atoms with E-state index < -0.39 is 5.91 Å². The number of aromatic nitrogens is 4. The zero-order chi connectivity index (χ0) is 18.1. The van der Waals surface area contributed by atoms with E-state index in [4.69, 9.17) is 26.8 Å². The minimum Gasteiger partial charge on any atom is -0.486 e. The van der Waals surface area contributed by atoms with Crippen molar-refractivity contribution in [1.29, 1.82) is 0 Å². The maximum atomic E-state index is 12.8. The number of nitrogens with two attached hydrogens (primary N) is 1. The normalized spacial score (nSPS) is 16.7. The average molecular weight is 375 g/mol. The third-order valence-corrected chi connectivity index (χ3v) is 4.10.